The average molecular weight is 240 g/mol. The van der Waals surface area contributed by atoms with E-state index in [4.69, 9.17) is 17.3 Å². The van der Waals surface area contributed by atoms with Crippen LogP contribution in [0.25, 0.3) is 0 Å². The number of halogens is 1. The van der Waals surface area contributed by atoms with Crippen molar-refractivity contribution in [2.45, 2.75) is 13.0 Å². The maximum absolute atomic E-state index is 5.97. The van der Waals surface area contributed by atoms with E-state index < -0.39 is 0 Å². The van der Waals surface area contributed by atoms with Crippen LogP contribution in [0.2, 0.25) is 5.02 Å². The zero-order valence-corrected chi connectivity index (χ0v) is 9.23. The summed E-state index contributed by atoms with van der Waals surface area (Å²) in [4.78, 5) is 4.07. The smallest absolute Gasteiger partial charge is 0.196 e. The highest BCUT2D eigenvalue weighted by molar-refractivity contribution is 6.33. The molecule has 0 spiro atoms. The Morgan fingerprint density at radius 3 is 3.00 bits per heavy atom. The molecule has 0 fully saturated rings. The molecule has 2 heterocycles. The fraction of sp³-hybridized carbons (Fsp3) is 0.250. The molecule has 1 unspecified atom stereocenters. The number of nitrogen functional groups attached to an aromatic ring is 1. The fourth-order valence-corrected chi connectivity index (χ4v) is 1.41. The molecule has 2 aromatic heterocycles. The van der Waals surface area contributed by atoms with E-state index >= 15 is 0 Å². The van der Waals surface area contributed by atoms with Gasteiger partial charge in [0.1, 0.15) is 5.82 Å². The van der Waals surface area contributed by atoms with Crippen LogP contribution in [0.1, 0.15) is 18.8 Å². The first-order valence-electron chi connectivity index (χ1n) is 4.57. The number of tetrazole rings is 1. The molecule has 8 heteroatoms. The number of H-pyrrole nitrogens is 1. The summed E-state index contributed by atoms with van der Waals surface area (Å²) in [6, 6.07) is 1.48. The van der Waals surface area contributed by atoms with Gasteiger partial charge in [-0.25, -0.2) is 4.98 Å². The summed E-state index contributed by atoms with van der Waals surface area (Å²) in [5.74, 6) is 1.07. The lowest BCUT2D eigenvalue weighted by Crippen LogP contribution is -2.10. The molecule has 2 rings (SSSR count). The summed E-state index contributed by atoms with van der Waals surface area (Å²) in [5, 5.41) is 17.1. The van der Waals surface area contributed by atoms with Gasteiger partial charge in [-0.1, -0.05) is 16.8 Å². The zero-order chi connectivity index (χ0) is 11.5. The molecule has 16 heavy (non-hydrogen) atoms. The summed E-state index contributed by atoms with van der Waals surface area (Å²) in [6.07, 6.45) is 1.52. The minimum absolute atomic E-state index is 0.146. The maximum atomic E-state index is 5.97. The number of nitrogens with two attached hydrogens (primary N) is 1. The molecule has 0 saturated heterocycles. The number of anilines is 2. The quantitative estimate of drug-likeness (QED) is 0.738. The van der Waals surface area contributed by atoms with Crippen LogP contribution in [-0.4, -0.2) is 25.6 Å². The molecule has 0 amide bonds. The van der Waals surface area contributed by atoms with Crippen LogP contribution < -0.4 is 11.1 Å². The second kappa shape index (κ2) is 4.31. The van der Waals surface area contributed by atoms with Crippen LogP contribution in [0, 0.1) is 0 Å². The summed E-state index contributed by atoms with van der Waals surface area (Å²) in [5.41, 5.74) is 6.05. The Kier molecular flexibility index (Phi) is 2.86. The number of aromatic amines is 1. The van der Waals surface area contributed by atoms with Gasteiger partial charge in [0, 0.05) is 0 Å². The van der Waals surface area contributed by atoms with Crippen molar-refractivity contribution in [2.24, 2.45) is 0 Å². The van der Waals surface area contributed by atoms with E-state index in [0.717, 1.165) is 0 Å². The van der Waals surface area contributed by atoms with Gasteiger partial charge in [-0.2, -0.15) is 5.21 Å². The molecule has 4 N–H and O–H groups in total. The minimum atomic E-state index is -0.146. The van der Waals surface area contributed by atoms with Crippen LogP contribution in [-0.2, 0) is 0 Å². The van der Waals surface area contributed by atoms with Crippen molar-refractivity contribution < 1.29 is 0 Å². The van der Waals surface area contributed by atoms with Crippen LogP contribution in [0.15, 0.2) is 12.3 Å². The molecule has 2 aromatic rings. The van der Waals surface area contributed by atoms with Gasteiger partial charge in [0.2, 0.25) is 0 Å². The molecule has 0 aliphatic rings. The lowest BCUT2D eigenvalue weighted by atomic mass is 10.3. The Bertz CT molecular complexity index is 469. The molecular formula is C8H10ClN7. The standard InChI is InChI=1S/C8H10ClN7/c1-4(7-13-15-16-14-7)12-8-6(9)2-5(10)3-11-8/h2-4H,10H2,1H3,(H,11,12)(H,13,14,15,16). The lowest BCUT2D eigenvalue weighted by Gasteiger charge is -2.11. The van der Waals surface area contributed by atoms with E-state index in [1.807, 2.05) is 6.92 Å². The molecule has 1 atom stereocenters. The predicted octanol–water partition coefficient (Wildman–Crippen LogP) is 1.00. The van der Waals surface area contributed by atoms with E-state index in [9.17, 15) is 0 Å². The van der Waals surface area contributed by atoms with Crippen molar-refractivity contribution in [3.8, 4) is 0 Å². The summed E-state index contributed by atoms with van der Waals surface area (Å²) in [6.45, 7) is 1.87. The first-order chi connectivity index (χ1) is 7.66. The van der Waals surface area contributed by atoms with Gasteiger partial charge in [0.05, 0.1) is 22.9 Å². The number of nitrogens with one attached hydrogen (secondary N) is 2. The minimum Gasteiger partial charge on any atom is -0.397 e. The predicted molar refractivity (Wildman–Crippen MR) is 59.9 cm³/mol. The van der Waals surface area contributed by atoms with Crippen LogP contribution in [0.4, 0.5) is 11.5 Å². The third-order valence-corrected chi connectivity index (χ3v) is 2.25. The van der Waals surface area contributed by atoms with Crippen molar-refractivity contribution in [3.63, 3.8) is 0 Å². The number of pyridine rings is 1. The van der Waals surface area contributed by atoms with Crippen LogP contribution >= 0.6 is 11.6 Å². The Morgan fingerprint density at radius 1 is 1.56 bits per heavy atom. The molecule has 0 saturated carbocycles. The van der Waals surface area contributed by atoms with Crippen molar-refractivity contribution >= 4 is 23.1 Å². The van der Waals surface area contributed by atoms with Crippen LogP contribution in [0.5, 0.6) is 0 Å². The van der Waals surface area contributed by atoms with Gasteiger partial charge >= 0.3 is 0 Å². The van der Waals surface area contributed by atoms with Gasteiger partial charge in [0.25, 0.3) is 0 Å². The number of rotatable bonds is 3. The molecule has 7 nitrogen and oxygen atoms in total. The second-order valence-electron chi connectivity index (χ2n) is 3.24. The third-order valence-electron chi connectivity index (χ3n) is 1.96. The number of hydrogen-bond acceptors (Lipinski definition) is 6. The molecule has 0 bridgehead atoms. The molecule has 0 aliphatic carbocycles. The van der Waals surface area contributed by atoms with Gasteiger partial charge in [-0.05, 0) is 13.0 Å². The summed E-state index contributed by atoms with van der Waals surface area (Å²) in [7, 11) is 0. The zero-order valence-electron chi connectivity index (χ0n) is 8.48. The summed E-state index contributed by atoms with van der Waals surface area (Å²) < 4.78 is 0. The highest BCUT2D eigenvalue weighted by atomic mass is 35.5. The normalized spacial score (nSPS) is 12.4. The average Bonchev–Trinajstić information content (AvgIpc) is 2.75. The Labute approximate surface area is 96.4 Å². The SMILES string of the molecule is CC(Nc1ncc(N)cc1Cl)c1nn[nH]n1. The summed E-state index contributed by atoms with van der Waals surface area (Å²) >= 11 is 5.97. The van der Waals surface area contributed by atoms with Gasteiger partial charge in [-0.15, -0.1) is 10.2 Å². The van der Waals surface area contributed by atoms with Crippen molar-refractivity contribution in [1.82, 2.24) is 25.6 Å². The van der Waals surface area contributed by atoms with E-state index in [2.05, 4.69) is 30.9 Å². The Morgan fingerprint density at radius 2 is 2.38 bits per heavy atom. The first-order valence-corrected chi connectivity index (χ1v) is 4.95. The van der Waals surface area contributed by atoms with E-state index in [-0.39, 0.29) is 6.04 Å². The van der Waals surface area contributed by atoms with Crippen LogP contribution in [0.3, 0.4) is 0 Å². The largest absolute Gasteiger partial charge is 0.397 e. The van der Waals surface area contributed by atoms with Gasteiger partial charge in [0.15, 0.2) is 5.82 Å². The van der Waals surface area contributed by atoms with E-state index in [1.165, 1.54) is 6.20 Å². The third kappa shape index (κ3) is 2.19. The van der Waals surface area contributed by atoms with E-state index in [0.29, 0.717) is 22.4 Å². The monoisotopic (exact) mass is 239 g/mol. The second-order valence-corrected chi connectivity index (χ2v) is 3.64. The number of nitrogens with zero attached hydrogens (tertiary/aromatic N) is 4. The van der Waals surface area contributed by atoms with Gasteiger partial charge < -0.3 is 11.1 Å². The molecular weight excluding hydrogens is 230 g/mol. The van der Waals surface area contributed by atoms with Gasteiger partial charge in [-0.3, -0.25) is 0 Å². The Hall–Kier alpha value is -1.89. The van der Waals surface area contributed by atoms with E-state index in [1.54, 1.807) is 6.07 Å². The topological polar surface area (TPSA) is 105 Å². The lowest BCUT2D eigenvalue weighted by molar-refractivity contribution is 0.788. The molecule has 84 valence electrons. The number of aromatic nitrogens is 5. The fourth-order valence-electron chi connectivity index (χ4n) is 1.18. The number of hydrogen-bond donors (Lipinski definition) is 3. The molecule has 0 aromatic carbocycles. The van der Waals surface area contributed by atoms with Crippen molar-refractivity contribution in [1.29, 1.82) is 0 Å². The molecule has 0 aliphatic heterocycles. The highest BCUT2D eigenvalue weighted by Crippen LogP contribution is 2.24. The molecule has 0 radical (unpaired) electrons. The van der Waals surface area contributed by atoms with Crippen molar-refractivity contribution in [3.05, 3.63) is 23.1 Å². The maximum Gasteiger partial charge on any atom is 0.196 e. The van der Waals surface area contributed by atoms with Crippen molar-refractivity contribution in [2.75, 3.05) is 11.1 Å². The Balaban J connectivity index is 2.15. The first kappa shape index (κ1) is 10.6. The highest BCUT2D eigenvalue weighted by Gasteiger charge is 2.12.